The van der Waals surface area contributed by atoms with Crippen LogP contribution in [-0.4, -0.2) is 10.9 Å². The van der Waals surface area contributed by atoms with E-state index in [-0.39, 0.29) is 11.6 Å². The number of benzene rings is 2. The molecule has 0 radical (unpaired) electrons. The number of halogens is 4. The number of alkyl halides is 3. The van der Waals surface area contributed by atoms with Gasteiger partial charge in [0.25, 0.3) is 5.91 Å². The summed E-state index contributed by atoms with van der Waals surface area (Å²) in [4.78, 5) is 16.4. The number of carbonyl (C=O) groups is 1. The Morgan fingerprint density at radius 1 is 1.07 bits per heavy atom. The van der Waals surface area contributed by atoms with Gasteiger partial charge >= 0.3 is 6.18 Å². The number of nitrogens with zero attached hydrogens (tertiary/aromatic N) is 2. The lowest BCUT2D eigenvalue weighted by atomic mass is 10.1. The zero-order valence-electron chi connectivity index (χ0n) is 14.2. The fourth-order valence-electron chi connectivity index (χ4n) is 2.24. The first-order valence-corrected chi connectivity index (χ1v) is 8.77. The second kappa shape index (κ2) is 7.91. The first-order chi connectivity index (χ1) is 13.2. The highest BCUT2D eigenvalue weighted by atomic mass is 32.1. The molecule has 4 nitrogen and oxygen atoms in total. The molecule has 0 aliphatic carbocycles. The van der Waals surface area contributed by atoms with Gasteiger partial charge in [0.15, 0.2) is 5.82 Å². The van der Waals surface area contributed by atoms with Gasteiger partial charge in [0.2, 0.25) is 0 Å². The predicted molar refractivity (Wildman–Crippen MR) is 99.7 cm³/mol. The first kappa shape index (κ1) is 19.7. The van der Waals surface area contributed by atoms with Crippen LogP contribution in [0, 0.1) is 5.82 Å². The molecule has 0 saturated heterocycles. The van der Waals surface area contributed by atoms with E-state index in [2.05, 4.69) is 4.98 Å². The molecule has 3 rings (SSSR count). The number of amides is 1. The van der Waals surface area contributed by atoms with E-state index in [0.717, 1.165) is 28.5 Å². The monoisotopic (exact) mass is 407 g/mol. The van der Waals surface area contributed by atoms with E-state index in [1.54, 1.807) is 0 Å². The smallest absolute Gasteiger partial charge is 0.268 e. The molecule has 0 aliphatic rings. The number of rotatable bonds is 4. The van der Waals surface area contributed by atoms with Gasteiger partial charge in [0, 0.05) is 17.0 Å². The minimum atomic E-state index is -4.41. The van der Waals surface area contributed by atoms with Gasteiger partial charge in [-0.2, -0.15) is 13.2 Å². The Kier molecular flexibility index (Phi) is 5.57. The van der Waals surface area contributed by atoms with Crippen LogP contribution < -0.4 is 10.9 Å². The Hall–Kier alpha value is -3.04. The molecule has 0 unspecified atom stereocenters. The minimum Gasteiger partial charge on any atom is -0.268 e. The normalized spacial score (nSPS) is 11.8. The molecule has 1 amide bonds. The molecule has 0 fully saturated rings. The number of thiazole rings is 1. The van der Waals surface area contributed by atoms with E-state index in [1.165, 1.54) is 53.9 Å². The summed E-state index contributed by atoms with van der Waals surface area (Å²) >= 11 is 1.15. The van der Waals surface area contributed by atoms with Crippen molar-refractivity contribution in [3.05, 3.63) is 76.9 Å². The standard InChI is InChI=1S/C19H13F4N3OS/c20-15-8-1-12(2-9-15)3-10-17(27)26(24)16-11-28-18(25-16)13-4-6-14(7-5-13)19(21,22)23/h1-11H,24H2. The number of hydrogen-bond donors (Lipinski definition) is 1. The molecule has 0 aliphatic heterocycles. The summed E-state index contributed by atoms with van der Waals surface area (Å²) in [5.41, 5.74) is 0.341. The molecule has 0 atom stereocenters. The maximum absolute atomic E-state index is 12.9. The average Bonchev–Trinajstić information content (AvgIpc) is 3.16. The van der Waals surface area contributed by atoms with Gasteiger partial charge in [-0.25, -0.2) is 20.2 Å². The van der Waals surface area contributed by atoms with E-state index < -0.39 is 17.6 Å². The third-order valence-electron chi connectivity index (χ3n) is 3.72. The third-order valence-corrected chi connectivity index (χ3v) is 4.60. The zero-order chi connectivity index (χ0) is 20.3. The van der Waals surface area contributed by atoms with Crippen molar-refractivity contribution < 1.29 is 22.4 Å². The van der Waals surface area contributed by atoms with Crippen LogP contribution in [0.2, 0.25) is 0 Å². The Morgan fingerprint density at radius 3 is 2.32 bits per heavy atom. The predicted octanol–water partition coefficient (Wildman–Crippen LogP) is 4.89. The van der Waals surface area contributed by atoms with Crippen molar-refractivity contribution in [2.75, 3.05) is 5.01 Å². The Labute approximate surface area is 161 Å². The molecule has 9 heteroatoms. The molecule has 2 aromatic carbocycles. The maximum Gasteiger partial charge on any atom is 0.416 e. The van der Waals surface area contributed by atoms with Crippen molar-refractivity contribution in [1.82, 2.24) is 4.98 Å². The van der Waals surface area contributed by atoms with Gasteiger partial charge < -0.3 is 0 Å². The largest absolute Gasteiger partial charge is 0.416 e. The molecule has 0 spiro atoms. The molecule has 3 aromatic rings. The highest BCUT2D eigenvalue weighted by Gasteiger charge is 2.30. The number of aromatic nitrogens is 1. The quantitative estimate of drug-likeness (QED) is 0.220. The highest BCUT2D eigenvalue weighted by Crippen LogP contribution is 2.32. The topological polar surface area (TPSA) is 59.2 Å². The lowest BCUT2D eigenvalue weighted by molar-refractivity contribution is -0.137. The Balaban J connectivity index is 1.72. The van der Waals surface area contributed by atoms with Crippen molar-refractivity contribution in [3.63, 3.8) is 0 Å². The van der Waals surface area contributed by atoms with Gasteiger partial charge in [0.1, 0.15) is 10.8 Å². The van der Waals surface area contributed by atoms with Crippen LogP contribution >= 0.6 is 11.3 Å². The van der Waals surface area contributed by atoms with E-state index in [0.29, 0.717) is 16.1 Å². The molecule has 0 saturated carbocycles. The number of nitrogens with two attached hydrogens (primary N) is 1. The second-order valence-electron chi connectivity index (χ2n) is 5.68. The third kappa shape index (κ3) is 4.62. The zero-order valence-corrected chi connectivity index (χ0v) is 15.0. The summed E-state index contributed by atoms with van der Waals surface area (Å²) in [5.74, 6) is 4.98. The van der Waals surface area contributed by atoms with Crippen LogP contribution in [0.3, 0.4) is 0 Å². The second-order valence-corrected chi connectivity index (χ2v) is 6.54. The summed E-state index contributed by atoms with van der Waals surface area (Å²) in [6, 6.07) is 10.1. The molecular formula is C19H13F4N3OS. The van der Waals surface area contributed by atoms with E-state index in [9.17, 15) is 22.4 Å². The van der Waals surface area contributed by atoms with Crippen LogP contribution in [0.1, 0.15) is 11.1 Å². The number of hydrogen-bond acceptors (Lipinski definition) is 4. The molecule has 1 heterocycles. The SMILES string of the molecule is NN(C(=O)C=Cc1ccc(F)cc1)c1csc(-c2ccc(C(F)(F)F)cc2)n1. The van der Waals surface area contributed by atoms with Crippen molar-refractivity contribution >= 4 is 29.1 Å². The fourth-order valence-corrected chi connectivity index (χ4v) is 3.05. The minimum absolute atomic E-state index is 0.161. The van der Waals surface area contributed by atoms with Gasteiger partial charge in [-0.05, 0) is 35.9 Å². The van der Waals surface area contributed by atoms with Crippen LogP contribution in [0.5, 0.6) is 0 Å². The summed E-state index contributed by atoms with van der Waals surface area (Å²) in [7, 11) is 0. The van der Waals surface area contributed by atoms with Crippen LogP contribution in [0.15, 0.2) is 60.0 Å². The van der Waals surface area contributed by atoms with Crippen molar-refractivity contribution in [2.24, 2.45) is 5.84 Å². The molecule has 2 N–H and O–H groups in total. The fraction of sp³-hybridized carbons (Fsp3) is 0.0526. The maximum atomic E-state index is 12.9. The van der Waals surface area contributed by atoms with Crippen molar-refractivity contribution in [1.29, 1.82) is 0 Å². The van der Waals surface area contributed by atoms with Gasteiger partial charge in [-0.15, -0.1) is 11.3 Å². The van der Waals surface area contributed by atoms with E-state index >= 15 is 0 Å². The first-order valence-electron chi connectivity index (χ1n) is 7.89. The summed E-state index contributed by atoms with van der Waals surface area (Å²) in [6.07, 6.45) is -1.72. The molecule has 144 valence electrons. The highest BCUT2D eigenvalue weighted by molar-refractivity contribution is 7.13. The Morgan fingerprint density at radius 2 is 1.71 bits per heavy atom. The average molecular weight is 407 g/mol. The molecule has 28 heavy (non-hydrogen) atoms. The number of carbonyl (C=O) groups excluding carboxylic acids is 1. The lowest BCUT2D eigenvalue weighted by Crippen LogP contribution is -2.36. The van der Waals surface area contributed by atoms with Gasteiger partial charge in [-0.1, -0.05) is 24.3 Å². The lowest BCUT2D eigenvalue weighted by Gasteiger charge is -2.10. The number of hydrazine groups is 1. The van der Waals surface area contributed by atoms with E-state index in [1.807, 2.05) is 0 Å². The Bertz CT molecular complexity index is 995. The van der Waals surface area contributed by atoms with Gasteiger partial charge in [0.05, 0.1) is 5.56 Å². The van der Waals surface area contributed by atoms with Crippen LogP contribution in [0.4, 0.5) is 23.4 Å². The van der Waals surface area contributed by atoms with Gasteiger partial charge in [-0.3, -0.25) is 4.79 Å². The summed E-state index contributed by atoms with van der Waals surface area (Å²) < 4.78 is 50.8. The van der Waals surface area contributed by atoms with Crippen LogP contribution in [-0.2, 0) is 11.0 Å². The van der Waals surface area contributed by atoms with E-state index in [4.69, 9.17) is 5.84 Å². The summed E-state index contributed by atoms with van der Waals surface area (Å²) in [5, 5.41) is 2.77. The van der Waals surface area contributed by atoms with Crippen molar-refractivity contribution in [2.45, 2.75) is 6.18 Å². The molecule has 0 bridgehead atoms. The van der Waals surface area contributed by atoms with Crippen molar-refractivity contribution in [3.8, 4) is 10.6 Å². The number of anilines is 1. The molecular weight excluding hydrogens is 394 g/mol. The molecule has 1 aromatic heterocycles. The summed E-state index contributed by atoms with van der Waals surface area (Å²) in [6.45, 7) is 0. The van der Waals surface area contributed by atoms with Crippen LogP contribution in [0.25, 0.3) is 16.6 Å².